The van der Waals surface area contributed by atoms with Gasteiger partial charge in [0.1, 0.15) is 36.6 Å². The van der Waals surface area contributed by atoms with Crippen LogP contribution in [0.3, 0.4) is 0 Å². The Balaban J connectivity index is 1.61. The number of aliphatic hydroxyl groups excluding tert-OH is 3. The number of rotatable bonds is 3. The van der Waals surface area contributed by atoms with Gasteiger partial charge < -0.3 is 50.0 Å². The topological polar surface area (TPSA) is 169 Å². The molecule has 4 rings (SSSR count). The van der Waals surface area contributed by atoms with Crippen LogP contribution in [0.1, 0.15) is 23.7 Å². The van der Waals surface area contributed by atoms with E-state index in [9.17, 15) is 35.7 Å². The summed E-state index contributed by atoms with van der Waals surface area (Å²) in [5.74, 6) is 4.49. The molecule has 2 aliphatic rings. The van der Waals surface area contributed by atoms with Gasteiger partial charge in [-0.05, 0) is 35.9 Å². The molecular weight excluding hydrogens is 436 g/mol. The van der Waals surface area contributed by atoms with Crippen molar-refractivity contribution in [3.63, 3.8) is 0 Å². The minimum atomic E-state index is -1.40. The Morgan fingerprint density at radius 2 is 1.42 bits per heavy atom. The van der Waals surface area contributed by atoms with E-state index in [1.165, 1.54) is 36.4 Å². The van der Waals surface area contributed by atoms with E-state index in [0.29, 0.717) is 11.1 Å². The number of ether oxygens (including phenoxy) is 3. The van der Waals surface area contributed by atoms with E-state index in [0.717, 1.165) is 0 Å². The second-order valence-electron chi connectivity index (χ2n) is 7.86. The predicted octanol–water partition coefficient (Wildman–Crippen LogP) is 0.215. The van der Waals surface area contributed by atoms with Crippen LogP contribution in [0.25, 0.3) is 0 Å². The highest BCUT2D eigenvalue weighted by Gasteiger charge is 2.51. The van der Waals surface area contributed by atoms with Crippen molar-refractivity contribution in [3.05, 3.63) is 47.5 Å². The fourth-order valence-corrected chi connectivity index (χ4v) is 3.83. The second-order valence-corrected chi connectivity index (χ2v) is 7.86. The lowest BCUT2D eigenvalue weighted by molar-refractivity contribution is -0.367. The fourth-order valence-electron chi connectivity index (χ4n) is 3.83. The van der Waals surface area contributed by atoms with Crippen molar-refractivity contribution < 1.29 is 50.0 Å². The van der Waals surface area contributed by atoms with Crippen LogP contribution in [0.2, 0.25) is 0 Å². The van der Waals surface area contributed by atoms with Crippen LogP contribution in [0.5, 0.6) is 23.0 Å². The predicted molar refractivity (Wildman–Crippen MR) is 111 cm³/mol. The van der Waals surface area contributed by atoms with Crippen LogP contribution in [-0.4, -0.2) is 79.2 Å². The molecule has 7 unspecified atom stereocenters. The molecule has 0 aromatic heterocycles. The molecule has 0 aliphatic carbocycles. The molecule has 0 saturated carbocycles. The zero-order chi connectivity index (χ0) is 23.7. The van der Waals surface area contributed by atoms with Crippen LogP contribution in [0.4, 0.5) is 0 Å². The molecule has 2 aliphatic heterocycles. The minimum Gasteiger partial charge on any atom is -0.504 e. The van der Waals surface area contributed by atoms with Crippen molar-refractivity contribution in [1.29, 1.82) is 0 Å². The summed E-state index contributed by atoms with van der Waals surface area (Å²) in [5.41, 5.74) is 0.885. The quantitative estimate of drug-likeness (QED) is 0.248. The highest BCUT2D eigenvalue weighted by molar-refractivity contribution is 5.47. The van der Waals surface area contributed by atoms with Crippen molar-refractivity contribution >= 4 is 0 Å². The zero-order valence-corrected chi connectivity index (χ0v) is 17.3. The first-order valence-corrected chi connectivity index (χ1v) is 10.2. The lowest BCUT2D eigenvalue weighted by Gasteiger charge is -2.48. The molecule has 7 N–H and O–H groups in total. The van der Waals surface area contributed by atoms with E-state index in [-0.39, 0.29) is 29.4 Å². The Labute approximate surface area is 188 Å². The third-order valence-electron chi connectivity index (χ3n) is 5.61. The van der Waals surface area contributed by atoms with Gasteiger partial charge in [0.25, 0.3) is 0 Å². The third kappa shape index (κ3) is 4.69. The number of phenolic OH excluding ortho intramolecular Hbond substituents is 4. The Morgan fingerprint density at radius 3 is 2.09 bits per heavy atom. The average molecular weight is 460 g/mol. The average Bonchev–Trinajstić information content (AvgIpc) is 2.80. The van der Waals surface area contributed by atoms with Gasteiger partial charge in [0, 0.05) is 12.0 Å². The lowest BCUT2D eigenvalue weighted by atomic mass is 9.94. The smallest absolute Gasteiger partial charge is 0.187 e. The van der Waals surface area contributed by atoms with E-state index in [1.807, 2.05) is 0 Å². The number of phenols is 4. The van der Waals surface area contributed by atoms with Gasteiger partial charge in [0.05, 0.1) is 6.61 Å². The minimum absolute atomic E-state index is 0.100. The van der Waals surface area contributed by atoms with Crippen molar-refractivity contribution in [3.8, 4) is 34.8 Å². The van der Waals surface area contributed by atoms with E-state index in [1.54, 1.807) is 0 Å². The molecule has 10 nitrogen and oxygen atoms in total. The highest BCUT2D eigenvalue weighted by Crippen LogP contribution is 2.40. The summed E-state index contributed by atoms with van der Waals surface area (Å²) in [7, 11) is 0. The maximum Gasteiger partial charge on any atom is 0.187 e. The Kier molecular flexibility index (Phi) is 6.62. The van der Waals surface area contributed by atoms with Crippen molar-refractivity contribution in [2.75, 3.05) is 6.61 Å². The Morgan fingerprint density at radius 1 is 0.758 bits per heavy atom. The first kappa shape index (κ1) is 23.1. The van der Waals surface area contributed by atoms with Crippen LogP contribution in [0, 0.1) is 11.8 Å². The zero-order valence-electron chi connectivity index (χ0n) is 17.3. The molecule has 176 valence electrons. The summed E-state index contributed by atoms with van der Waals surface area (Å²) in [4.78, 5) is 0. The summed E-state index contributed by atoms with van der Waals surface area (Å²) in [6.45, 7) is -0.533. The fraction of sp³-hybridized carbons (Fsp3) is 0.391. The van der Waals surface area contributed by atoms with E-state index < -0.39 is 49.5 Å². The molecule has 2 aromatic rings. The Hall–Kier alpha value is -3.04. The third-order valence-corrected chi connectivity index (χ3v) is 5.61. The standard InChI is InChI=1S/C23H24O10/c24-10-18-19(29)20(30)22-23(32-18)31-17(3-1-2-11-4-6-13(25)15(27)8-11)21(33-22)12-5-7-14(26)16(28)9-12/h4-9,17-30H,3,10H2. The Bertz CT molecular complexity index is 1060. The summed E-state index contributed by atoms with van der Waals surface area (Å²) in [6, 6.07) is 8.24. The summed E-state index contributed by atoms with van der Waals surface area (Å²) >= 11 is 0. The molecular formula is C23H24O10. The maximum absolute atomic E-state index is 10.5. The lowest BCUT2D eigenvalue weighted by Crippen LogP contribution is -2.63. The van der Waals surface area contributed by atoms with Gasteiger partial charge in [-0.25, -0.2) is 0 Å². The van der Waals surface area contributed by atoms with Gasteiger partial charge in [-0.15, -0.1) is 0 Å². The molecule has 2 aromatic carbocycles. The number of aromatic hydroxyl groups is 4. The highest BCUT2D eigenvalue weighted by atomic mass is 16.7. The molecule has 2 fully saturated rings. The normalized spacial score (nSPS) is 31.3. The molecule has 10 heteroatoms. The number of hydrogen-bond donors (Lipinski definition) is 7. The molecule has 0 radical (unpaired) electrons. The molecule has 0 spiro atoms. The number of aliphatic hydroxyl groups is 3. The summed E-state index contributed by atoms with van der Waals surface area (Å²) < 4.78 is 17.6. The molecule has 33 heavy (non-hydrogen) atoms. The number of hydrogen-bond acceptors (Lipinski definition) is 10. The summed E-state index contributed by atoms with van der Waals surface area (Å²) in [6.07, 6.45) is -7.54. The monoisotopic (exact) mass is 460 g/mol. The van der Waals surface area contributed by atoms with Crippen LogP contribution >= 0.6 is 0 Å². The van der Waals surface area contributed by atoms with E-state index in [4.69, 9.17) is 14.2 Å². The second kappa shape index (κ2) is 9.44. The van der Waals surface area contributed by atoms with Crippen molar-refractivity contribution in [1.82, 2.24) is 0 Å². The number of fused-ring (bicyclic) bond motifs is 1. The van der Waals surface area contributed by atoms with Gasteiger partial charge in [0.2, 0.25) is 0 Å². The molecule has 7 atom stereocenters. The van der Waals surface area contributed by atoms with E-state index >= 15 is 0 Å². The van der Waals surface area contributed by atoms with Crippen LogP contribution in [0.15, 0.2) is 36.4 Å². The molecule has 2 heterocycles. The van der Waals surface area contributed by atoms with E-state index in [2.05, 4.69) is 11.8 Å². The molecule has 2 saturated heterocycles. The first-order chi connectivity index (χ1) is 15.8. The largest absolute Gasteiger partial charge is 0.504 e. The van der Waals surface area contributed by atoms with Gasteiger partial charge in [0.15, 0.2) is 29.3 Å². The molecule has 0 amide bonds. The van der Waals surface area contributed by atoms with Crippen LogP contribution in [-0.2, 0) is 14.2 Å². The summed E-state index contributed by atoms with van der Waals surface area (Å²) in [5, 5.41) is 68.7. The van der Waals surface area contributed by atoms with Crippen LogP contribution < -0.4 is 0 Å². The van der Waals surface area contributed by atoms with Gasteiger partial charge >= 0.3 is 0 Å². The van der Waals surface area contributed by atoms with Gasteiger partial charge in [-0.1, -0.05) is 17.9 Å². The van der Waals surface area contributed by atoms with Gasteiger partial charge in [-0.3, -0.25) is 0 Å². The van der Waals surface area contributed by atoms with Crippen molar-refractivity contribution in [2.45, 2.75) is 49.3 Å². The first-order valence-electron chi connectivity index (χ1n) is 10.2. The van der Waals surface area contributed by atoms with Crippen molar-refractivity contribution in [2.24, 2.45) is 0 Å². The maximum atomic E-state index is 10.5. The van der Waals surface area contributed by atoms with Gasteiger partial charge in [-0.2, -0.15) is 0 Å². The number of benzene rings is 2. The molecule has 0 bridgehead atoms. The SMILES string of the molecule is OCC1OC2OC(CC#Cc3ccc(O)c(O)c3)C(c3ccc(O)c(O)c3)OC2C(O)C1O.